The first kappa shape index (κ1) is 12.3. The van der Waals surface area contributed by atoms with Crippen molar-refractivity contribution in [2.45, 2.75) is 39.2 Å². The smallest absolute Gasteiger partial charge is 0.0953 e. The molecule has 1 aromatic heterocycles. The van der Waals surface area contributed by atoms with E-state index in [1.807, 2.05) is 24.4 Å². The van der Waals surface area contributed by atoms with Gasteiger partial charge in [-0.05, 0) is 42.5 Å². The van der Waals surface area contributed by atoms with E-state index >= 15 is 0 Å². The van der Waals surface area contributed by atoms with Gasteiger partial charge >= 0.3 is 0 Å². The average molecular weight is 255 g/mol. The van der Waals surface area contributed by atoms with Crippen LogP contribution in [0.25, 0.3) is 10.9 Å². The van der Waals surface area contributed by atoms with E-state index in [1.165, 1.54) is 19.3 Å². The number of benzene rings is 1. The standard InChI is InChI=1S/C16H21N3/c1-16(2)9-3-6-14(16)19-13-8-7-12(17)11-5-4-10-18-15(11)13/h4-5,7-8,10,14,19H,3,6,9,17H2,1-2H3. The van der Waals surface area contributed by atoms with Crippen LogP contribution >= 0.6 is 0 Å². The molecule has 1 aliphatic rings. The summed E-state index contributed by atoms with van der Waals surface area (Å²) in [7, 11) is 0. The maximum Gasteiger partial charge on any atom is 0.0953 e. The zero-order valence-electron chi connectivity index (χ0n) is 11.6. The minimum atomic E-state index is 0.350. The second kappa shape index (κ2) is 4.41. The van der Waals surface area contributed by atoms with Gasteiger partial charge < -0.3 is 11.1 Å². The molecule has 1 unspecified atom stereocenters. The van der Waals surface area contributed by atoms with Crippen molar-refractivity contribution in [1.29, 1.82) is 0 Å². The quantitative estimate of drug-likeness (QED) is 0.802. The molecule has 0 bridgehead atoms. The third-order valence-electron chi connectivity index (χ3n) is 4.39. The van der Waals surface area contributed by atoms with Crippen molar-refractivity contribution < 1.29 is 0 Å². The number of nitrogens with zero attached hydrogens (tertiary/aromatic N) is 1. The zero-order valence-corrected chi connectivity index (χ0v) is 11.6. The van der Waals surface area contributed by atoms with Crippen molar-refractivity contribution in [1.82, 2.24) is 4.98 Å². The van der Waals surface area contributed by atoms with Crippen molar-refractivity contribution in [2.24, 2.45) is 5.41 Å². The van der Waals surface area contributed by atoms with Gasteiger partial charge in [-0.15, -0.1) is 0 Å². The summed E-state index contributed by atoms with van der Waals surface area (Å²) in [6.07, 6.45) is 5.63. The summed E-state index contributed by atoms with van der Waals surface area (Å²) in [5.74, 6) is 0. The summed E-state index contributed by atoms with van der Waals surface area (Å²) in [4.78, 5) is 4.49. The van der Waals surface area contributed by atoms with E-state index < -0.39 is 0 Å². The highest BCUT2D eigenvalue weighted by Gasteiger charge is 2.34. The van der Waals surface area contributed by atoms with Gasteiger partial charge in [-0.25, -0.2) is 0 Å². The fourth-order valence-electron chi connectivity index (χ4n) is 3.09. The van der Waals surface area contributed by atoms with Crippen LogP contribution in [0.2, 0.25) is 0 Å². The molecule has 0 aliphatic heterocycles. The number of anilines is 2. The average Bonchev–Trinajstić information content (AvgIpc) is 2.72. The summed E-state index contributed by atoms with van der Waals surface area (Å²) >= 11 is 0. The lowest BCUT2D eigenvalue weighted by Gasteiger charge is -2.29. The van der Waals surface area contributed by atoms with Crippen LogP contribution in [-0.4, -0.2) is 11.0 Å². The first-order valence-corrected chi connectivity index (χ1v) is 6.98. The molecule has 19 heavy (non-hydrogen) atoms. The van der Waals surface area contributed by atoms with E-state index in [0.717, 1.165) is 22.3 Å². The molecule has 1 fully saturated rings. The van der Waals surface area contributed by atoms with Crippen LogP contribution in [0.4, 0.5) is 11.4 Å². The summed E-state index contributed by atoms with van der Waals surface area (Å²) in [6, 6.07) is 8.50. The molecule has 0 radical (unpaired) electrons. The Morgan fingerprint density at radius 2 is 2.16 bits per heavy atom. The Morgan fingerprint density at radius 3 is 2.89 bits per heavy atom. The van der Waals surface area contributed by atoms with Crippen molar-refractivity contribution in [3.8, 4) is 0 Å². The summed E-state index contributed by atoms with van der Waals surface area (Å²) in [5.41, 5.74) is 9.24. The number of rotatable bonds is 2. The highest BCUT2D eigenvalue weighted by molar-refractivity contribution is 5.98. The lowest BCUT2D eigenvalue weighted by atomic mass is 9.87. The lowest BCUT2D eigenvalue weighted by Crippen LogP contribution is -2.30. The number of hydrogen-bond acceptors (Lipinski definition) is 3. The van der Waals surface area contributed by atoms with E-state index in [4.69, 9.17) is 5.73 Å². The first-order chi connectivity index (χ1) is 9.08. The number of nitrogens with two attached hydrogens (primary N) is 1. The molecule has 1 heterocycles. The zero-order chi connectivity index (χ0) is 13.5. The molecular formula is C16H21N3. The van der Waals surface area contributed by atoms with Gasteiger partial charge in [-0.3, -0.25) is 4.98 Å². The molecule has 1 atom stereocenters. The maximum absolute atomic E-state index is 6.02. The van der Waals surface area contributed by atoms with Gasteiger partial charge in [0.2, 0.25) is 0 Å². The van der Waals surface area contributed by atoms with Crippen LogP contribution in [0.3, 0.4) is 0 Å². The van der Waals surface area contributed by atoms with Crippen LogP contribution in [0, 0.1) is 5.41 Å². The van der Waals surface area contributed by atoms with Crippen LogP contribution in [0.5, 0.6) is 0 Å². The number of aromatic nitrogens is 1. The summed E-state index contributed by atoms with van der Waals surface area (Å²) < 4.78 is 0. The van der Waals surface area contributed by atoms with Gasteiger partial charge in [0.1, 0.15) is 0 Å². The SMILES string of the molecule is CC1(C)CCCC1Nc1ccc(N)c2cccnc12. The molecule has 3 rings (SSSR count). The van der Waals surface area contributed by atoms with Crippen LogP contribution in [0.1, 0.15) is 33.1 Å². The highest BCUT2D eigenvalue weighted by Crippen LogP contribution is 2.40. The third kappa shape index (κ3) is 2.14. The Morgan fingerprint density at radius 1 is 1.32 bits per heavy atom. The highest BCUT2D eigenvalue weighted by atomic mass is 15.0. The molecule has 3 N–H and O–H groups in total. The first-order valence-electron chi connectivity index (χ1n) is 6.98. The van der Waals surface area contributed by atoms with Gasteiger partial charge in [-0.1, -0.05) is 20.3 Å². The Labute approximate surface area is 114 Å². The monoisotopic (exact) mass is 255 g/mol. The fourth-order valence-corrected chi connectivity index (χ4v) is 3.09. The largest absolute Gasteiger partial charge is 0.398 e. The van der Waals surface area contributed by atoms with Gasteiger partial charge in [0.05, 0.1) is 11.2 Å². The predicted molar refractivity (Wildman–Crippen MR) is 81.2 cm³/mol. The Kier molecular flexibility index (Phi) is 2.85. The number of pyridine rings is 1. The second-order valence-electron chi connectivity index (χ2n) is 6.18. The number of fused-ring (bicyclic) bond motifs is 1. The van der Waals surface area contributed by atoms with Crippen molar-refractivity contribution in [3.63, 3.8) is 0 Å². The van der Waals surface area contributed by atoms with Crippen molar-refractivity contribution in [3.05, 3.63) is 30.5 Å². The van der Waals surface area contributed by atoms with Crippen LogP contribution in [-0.2, 0) is 0 Å². The summed E-state index contributed by atoms with van der Waals surface area (Å²) in [6.45, 7) is 4.68. The predicted octanol–water partition coefficient (Wildman–Crippen LogP) is 3.81. The minimum Gasteiger partial charge on any atom is -0.398 e. The Hall–Kier alpha value is -1.77. The van der Waals surface area contributed by atoms with Gasteiger partial charge in [-0.2, -0.15) is 0 Å². The molecule has 1 aliphatic carbocycles. The molecule has 3 nitrogen and oxygen atoms in total. The van der Waals surface area contributed by atoms with Crippen LogP contribution in [0.15, 0.2) is 30.5 Å². The minimum absolute atomic E-state index is 0.350. The van der Waals surface area contributed by atoms with E-state index in [-0.39, 0.29) is 0 Å². The Bertz CT molecular complexity index is 604. The van der Waals surface area contributed by atoms with Gasteiger partial charge in [0, 0.05) is 23.3 Å². The molecular weight excluding hydrogens is 234 g/mol. The van der Waals surface area contributed by atoms with E-state index in [9.17, 15) is 0 Å². The van der Waals surface area contributed by atoms with E-state index in [2.05, 4.69) is 30.2 Å². The fraction of sp³-hybridized carbons (Fsp3) is 0.438. The molecule has 3 heteroatoms. The topological polar surface area (TPSA) is 50.9 Å². The van der Waals surface area contributed by atoms with Gasteiger partial charge in [0.25, 0.3) is 0 Å². The van der Waals surface area contributed by atoms with Gasteiger partial charge in [0.15, 0.2) is 0 Å². The molecule has 0 saturated heterocycles. The maximum atomic E-state index is 6.02. The molecule has 100 valence electrons. The molecule has 1 aromatic carbocycles. The molecule has 2 aromatic rings. The number of nitrogen functional groups attached to an aromatic ring is 1. The van der Waals surface area contributed by atoms with Crippen molar-refractivity contribution >= 4 is 22.3 Å². The van der Waals surface area contributed by atoms with Crippen LogP contribution < -0.4 is 11.1 Å². The Balaban J connectivity index is 2.00. The van der Waals surface area contributed by atoms with E-state index in [1.54, 1.807) is 0 Å². The van der Waals surface area contributed by atoms with E-state index in [0.29, 0.717) is 11.5 Å². The second-order valence-corrected chi connectivity index (χ2v) is 6.18. The normalized spacial score (nSPS) is 21.7. The molecule has 1 saturated carbocycles. The summed E-state index contributed by atoms with van der Waals surface area (Å²) in [5, 5.41) is 4.71. The van der Waals surface area contributed by atoms with Crippen molar-refractivity contribution in [2.75, 3.05) is 11.1 Å². The number of hydrogen-bond donors (Lipinski definition) is 2. The molecule has 0 amide bonds. The molecule has 0 spiro atoms. The lowest BCUT2D eigenvalue weighted by molar-refractivity contribution is 0.350. The number of nitrogens with one attached hydrogen (secondary N) is 1. The third-order valence-corrected chi connectivity index (χ3v) is 4.39.